The zero-order valence-electron chi connectivity index (χ0n) is 17.5. The van der Waals surface area contributed by atoms with Crippen LogP contribution in [0.4, 0.5) is 0 Å². The Labute approximate surface area is 161 Å². The van der Waals surface area contributed by atoms with E-state index >= 15 is 0 Å². The van der Waals surface area contributed by atoms with Crippen LogP contribution in [0.3, 0.4) is 0 Å². The first-order valence-corrected chi connectivity index (χ1v) is 9.49. The third-order valence-electron chi connectivity index (χ3n) is 6.20. The van der Waals surface area contributed by atoms with Crippen LogP contribution in [0.15, 0.2) is 0 Å². The van der Waals surface area contributed by atoms with Crippen molar-refractivity contribution in [3.05, 3.63) is 0 Å². The highest BCUT2D eigenvalue weighted by molar-refractivity contribution is 5.95. The van der Waals surface area contributed by atoms with E-state index in [1.54, 1.807) is 25.7 Å². The van der Waals surface area contributed by atoms with E-state index in [-0.39, 0.29) is 24.9 Å². The van der Waals surface area contributed by atoms with Crippen molar-refractivity contribution in [1.82, 2.24) is 4.90 Å². The lowest BCUT2D eigenvalue weighted by Gasteiger charge is -2.58. The minimum Gasteiger partial charge on any atom is -0.481 e. The number of nitrogens with zero attached hydrogens (tertiary/aromatic N) is 1. The van der Waals surface area contributed by atoms with Gasteiger partial charge in [0.05, 0.1) is 11.5 Å². The molecule has 7 nitrogen and oxygen atoms in total. The van der Waals surface area contributed by atoms with Gasteiger partial charge in [0.1, 0.15) is 11.0 Å². The summed E-state index contributed by atoms with van der Waals surface area (Å²) < 4.78 is 5.70. The topological polar surface area (TPSA) is 104 Å². The first-order valence-electron chi connectivity index (χ1n) is 9.49. The lowest BCUT2D eigenvalue weighted by molar-refractivity contribution is -0.213. The summed E-state index contributed by atoms with van der Waals surface area (Å²) in [5.74, 6) is -2.06. The molecule has 1 saturated heterocycles. The largest absolute Gasteiger partial charge is 0.481 e. The van der Waals surface area contributed by atoms with E-state index in [1.807, 2.05) is 20.8 Å². The highest BCUT2D eigenvalue weighted by atomic mass is 16.6. The molecule has 0 aromatic carbocycles. The second-order valence-electron chi connectivity index (χ2n) is 10.3. The van der Waals surface area contributed by atoms with E-state index in [4.69, 9.17) is 4.74 Å². The van der Waals surface area contributed by atoms with Crippen LogP contribution in [0.2, 0.25) is 0 Å². The fourth-order valence-corrected chi connectivity index (χ4v) is 4.50. The molecule has 2 N–H and O–H groups in total. The average molecular weight is 383 g/mol. The summed E-state index contributed by atoms with van der Waals surface area (Å²) in [7, 11) is 0. The zero-order chi connectivity index (χ0) is 21.0. The monoisotopic (exact) mass is 383 g/mol. The van der Waals surface area contributed by atoms with Gasteiger partial charge in [0, 0.05) is 19.0 Å². The number of amides is 1. The first-order chi connectivity index (χ1) is 12.0. The maximum absolute atomic E-state index is 13.5. The van der Waals surface area contributed by atoms with E-state index in [9.17, 15) is 24.6 Å². The molecule has 1 saturated carbocycles. The van der Waals surface area contributed by atoms with Crippen molar-refractivity contribution in [1.29, 1.82) is 0 Å². The molecule has 2 aliphatic rings. The van der Waals surface area contributed by atoms with Gasteiger partial charge in [-0.25, -0.2) is 0 Å². The number of carboxylic acids is 1. The Morgan fingerprint density at radius 2 is 1.67 bits per heavy atom. The molecule has 2 atom stereocenters. The first kappa shape index (κ1) is 21.7. The second kappa shape index (κ2) is 6.47. The van der Waals surface area contributed by atoms with Crippen molar-refractivity contribution in [3.8, 4) is 0 Å². The Kier molecular flexibility index (Phi) is 5.19. The van der Waals surface area contributed by atoms with Crippen molar-refractivity contribution in [2.24, 2.45) is 16.2 Å². The predicted octanol–water partition coefficient (Wildman–Crippen LogP) is 2.21. The number of aliphatic hydroxyl groups is 1. The molecule has 0 spiro atoms. The van der Waals surface area contributed by atoms with Crippen LogP contribution in [-0.2, 0) is 19.1 Å². The van der Waals surface area contributed by atoms with Crippen LogP contribution in [0, 0.1) is 16.2 Å². The number of carboxylic acid groups (broad SMARTS) is 1. The number of rotatable bonds is 3. The third-order valence-corrected chi connectivity index (χ3v) is 6.20. The van der Waals surface area contributed by atoms with Gasteiger partial charge in [-0.2, -0.15) is 0 Å². The summed E-state index contributed by atoms with van der Waals surface area (Å²) in [4.78, 5) is 40.2. The van der Waals surface area contributed by atoms with Gasteiger partial charge in [0.15, 0.2) is 0 Å². The molecule has 0 radical (unpaired) electrons. The third kappa shape index (κ3) is 3.46. The summed E-state index contributed by atoms with van der Waals surface area (Å²) in [6, 6.07) is -0.171. The number of hydrogen-bond acceptors (Lipinski definition) is 5. The number of ether oxygens (including phenoxy) is 1. The van der Waals surface area contributed by atoms with Gasteiger partial charge >= 0.3 is 11.9 Å². The fourth-order valence-electron chi connectivity index (χ4n) is 4.50. The fraction of sp³-hybridized carbons (Fsp3) is 0.850. The molecule has 1 heterocycles. The van der Waals surface area contributed by atoms with E-state index in [2.05, 4.69) is 0 Å². The number of aliphatic carboxylic acids is 1. The molecule has 0 aromatic heterocycles. The van der Waals surface area contributed by atoms with Crippen molar-refractivity contribution in [2.45, 2.75) is 85.5 Å². The summed E-state index contributed by atoms with van der Waals surface area (Å²) in [5, 5.41) is 19.7. The SMILES string of the molecule is CC(C)(C)OC(=O)C1(C(C)(C)C)CN(C2CC(O)C2)C(=O)CC1(C)C(=O)O. The van der Waals surface area contributed by atoms with Crippen molar-refractivity contribution in [2.75, 3.05) is 6.54 Å². The minimum absolute atomic E-state index is 0.0234. The van der Waals surface area contributed by atoms with Gasteiger partial charge in [-0.15, -0.1) is 0 Å². The molecule has 154 valence electrons. The number of esters is 1. The van der Waals surface area contributed by atoms with Crippen LogP contribution in [0.25, 0.3) is 0 Å². The number of aliphatic hydroxyl groups excluding tert-OH is 1. The summed E-state index contributed by atoms with van der Waals surface area (Å²) in [6.45, 7) is 12.2. The molecule has 1 aliphatic heterocycles. The van der Waals surface area contributed by atoms with E-state index in [1.165, 1.54) is 6.92 Å². The number of carbonyl (C=O) groups is 3. The van der Waals surface area contributed by atoms with Gasteiger partial charge in [-0.3, -0.25) is 14.4 Å². The average Bonchev–Trinajstić information content (AvgIpc) is 2.41. The van der Waals surface area contributed by atoms with Crippen molar-refractivity contribution >= 4 is 17.8 Å². The molecule has 2 unspecified atom stereocenters. The van der Waals surface area contributed by atoms with Crippen LogP contribution in [0.5, 0.6) is 0 Å². The molecule has 2 rings (SSSR count). The number of hydrogen-bond donors (Lipinski definition) is 2. The maximum atomic E-state index is 13.5. The van der Waals surface area contributed by atoms with E-state index < -0.39 is 39.9 Å². The summed E-state index contributed by atoms with van der Waals surface area (Å²) in [6.07, 6.45) is 0.167. The molecule has 0 aromatic rings. The normalized spacial score (nSPS) is 34.8. The standard InChI is InChI=1S/C20H33NO6/c1-17(2,3)20(16(26)27-18(4,5)6)11-21(12-8-13(22)9-12)14(23)10-19(20,7)15(24)25/h12-13,22H,8-11H2,1-7H3,(H,24,25). The molecule has 2 fully saturated rings. The smallest absolute Gasteiger partial charge is 0.316 e. The molecule has 1 aliphatic carbocycles. The van der Waals surface area contributed by atoms with E-state index in [0.717, 1.165) is 0 Å². The molecule has 1 amide bonds. The Morgan fingerprint density at radius 3 is 2.04 bits per heavy atom. The van der Waals surface area contributed by atoms with Gasteiger partial charge < -0.3 is 19.8 Å². The molecule has 0 bridgehead atoms. The van der Waals surface area contributed by atoms with Crippen molar-refractivity contribution < 1.29 is 29.3 Å². The number of likely N-dealkylation sites (tertiary alicyclic amines) is 1. The van der Waals surface area contributed by atoms with Gasteiger partial charge in [-0.1, -0.05) is 20.8 Å². The van der Waals surface area contributed by atoms with E-state index in [0.29, 0.717) is 12.8 Å². The second-order valence-corrected chi connectivity index (χ2v) is 10.3. The van der Waals surface area contributed by atoms with Crippen LogP contribution >= 0.6 is 0 Å². The Bertz CT molecular complexity index is 640. The highest BCUT2D eigenvalue weighted by Gasteiger charge is 2.69. The number of carbonyl (C=O) groups excluding carboxylic acids is 2. The highest BCUT2D eigenvalue weighted by Crippen LogP contribution is 2.58. The van der Waals surface area contributed by atoms with Crippen LogP contribution < -0.4 is 0 Å². The van der Waals surface area contributed by atoms with Gasteiger partial charge in [0.25, 0.3) is 0 Å². The van der Waals surface area contributed by atoms with Crippen molar-refractivity contribution in [3.63, 3.8) is 0 Å². The molecule has 27 heavy (non-hydrogen) atoms. The van der Waals surface area contributed by atoms with Crippen LogP contribution in [-0.4, -0.2) is 57.3 Å². The zero-order valence-corrected chi connectivity index (χ0v) is 17.5. The maximum Gasteiger partial charge on any atom is 0.316 e. The Balaban J connectivity index is 2.60. The molecular weight excluding hydrogens is 350 g/mol. The van der Waals surface area contributed by atoms with Gasteiger partial charge in [-0.05, 0) is 46.0 Å². The minimum atomic E-state index is -1.59. The number of piperidine rings is 1. The lowest BCUT2D eigenvalue weighted by Crippen LogP contribution is -2.70. The summed E-state index contributed by atoms with van der Waals surface area (Å²) >= 11 is 0. The Morgan fingerprint density at radius 1 is 1.15 bits per heavy atom. The molecule has 7 heteroatoms. The Hall–Kier alpha value is -1.63. The molecular formula is C20H33NO6. The predicted molar refractivity (Wildman–Crippen MR) is 98.8 cm³/mol. The van der Waals surface area contributed by atoms with Crippen LogP contribution in [0.1, 0.15) is 67.7 Å². The lowest BCUT2D eigenvalue weighted by atomic mass is 9.49. The summed E-state index contributed by atoms with van der Waals surface area (Å²) in [5.41, 5.74) is -4.57. The quantitative estimate of drug-likeness (QED) is 0.724. The van der Waals surface area contributed by atoms with Gasteiger partial charge in [0.2, 0.25) is 5.91 Å².